The van der Waals surface area contributed by atoms with Crippen LogP contribution in [-0.2, 0) is 6.42 Å². The highest BCUT2D eigenvalue weighted by molar-refractivity contribution is 9.11. The van der Waals surface area contributed by atoms with Crippen LogP contribution in [0.2, 0.25) is 5.02 Å². The van der Waals surface area contributed by atoms with Crippen LogP contribution in [-0.4, -0.2) is 11.5 Å². The quantitative estimate of drug-likeness (QED) is 0.726. The molecule has 1 N–H and O–H groups in total. The molecule has 0 aliphatic rings. The molecule has 1 aromatic heterocycles. The molecule has 1 heterocycles. The maximum Gasteiger partial charge on any atom is 0.0719 e. The van der Waals surface area contributed by atoms with Crippen LogP contribution in [0.5, 0.6) is 0 Å². The van der Waals surface area contributed by atoms with Gasteiger partial charge in [-0.05, 0) is 62.5 Å². The lowest BCUT2D eigenvalue weighted by molar-refractivity contribution is 0.534. The van der Waals surface area contributed by atoms with E-state index in [9.17, 15) is 0 Å². The molecule has 2 rings (SSSR count). The third kappa shape index (κ3) is 4.04. The van der Waals surface area contributed by atoms with E-state index in [-0.39, 0.29) is 6.04 Å². The van der Waals surface area contributed by atoms with Crippen molar-refractivity contribution in [1.82, 2.24) is 10.3 Å². The molecule has 1 atom stereocenters. The fraction of sp³-hybridized carbons (Fsp3) is 0.267. The first-order valence-corrected chi connectivity index (χ1v) is 8.36. The van der Waals surface area contributed by atoms with E-state index >= 15 is 0 Å². The van der Waals surface area contributed by atoms with Gasteiger partial charge in [-0.1, -0.05) is 36.7 Å². The Kier molecular flexibility index (Phi) is 6.02. The van der Waals surface area contributed by atoms with Gasteiger partial charge in [0.15, 0.2) is 0 Å². The third-order valence-corrected chi connectivity index (χ3v) is 4.44. The number of nitrogens with zero attached hydrogens (tertiary/aromatic N) is 1. The molecule has 0 radical (unpaired) electrons. The predicted molar refractivity (Wildman–Crippen MR) is 91.2 cm³/mol. The van der Waals surface area contributed by atoms with E-state index in [2.05, 4.69) is 55.2 Å². The average molecular weight is 419 g/mol. The summed E-state index contributed by atoms with van der Waals surface area (Å²) in [6.45, 7) is 2.96. The summed E-state index contributed by atoms with van der Waals surface area (Å²) in [5.74, 6) is 0. The van der Waals surface area contributed by atoms with E-state index in [4.69, 9.17) is 11.6 Å². The normalized spacial score (nSPS) is 12.4. The molecule has 5 heteroatoms. The van der Waals surface area contributed by atoms with Crippen molar-refractivity contribution < 1.29 is 0 Å². The SMILES string of the molecule is CCNC(Cc1ccccc1Cl)c1ncc(Br)cc1Br. The zero-order valence-electron chi connectivity index (χ0n) is 11.0. The highest BCUT2D eigenvalue weighted by Crippen LogP contribution is 2.28. The van der Waals surface area contributed by atoms with E-state index in [0.717, 1.165) is 38.2 Å². The van der Waals surface area contributed by atoms with Crippen molar-refractivity contribution in [3.05, 3.63) is 61.8 Å². The lowest BCUT2D eigenvalue weighted by Gasteiger charge is -2.19. The van der Waals surface area contributed by atoms with Crippen molar-refractivity contribution in [1.29, 1.82) is 0 Å². The van der Waals surface area contributed by atoms with Crippen LogP contribution in [0.3, 0.4) is 0 Å². The van der Waals surface area contributed by atoms with Crippen molar-refractivity contribution in [3.8, 4) is 0 Å². The number of benzene rings is 1. The van der Waals surface area contributed by atoms with E-state index in [0.29, 0.717) is 0 Å². The van der Waals surface area contributed by atoms with E-state index < -0.39 is 0 Å². The van der Waals surface area contributed by atoms with Crippen molar-refractivity contribution in [2.75, 3.05) is 6.54 Å². The number of hydrogen-bond acceptors (Lipinski definition) is 2. The zero-order chi connectivity index (χ0) is 14.5. The lowest BCUT2D eigenvalue weighted by Crippen LogP contribution is -2.24. The first-order valence-electron chi connectivity index (χ1n) is 6.39. The predicted octanol–water partition coefficient (Wildman–Crippen LogP) is 5.15. The summed E-state index contributed by atoms with van der Waals surface area (Å²) >= 11 is 13.3. The van der Waals surface area contributed by atoms with Gasteiger partial charge in [0, 0.05) is 20.2 Å². The molecular weight excluding hydrogens is 403 g/mol. The molecule has 0 bridgehead atoms. The van der Waals surface area contributed by atoms with Gasteiger partial charge in [0.25, 0.3) is 0 Å². The van der Waals surface area contributed by atoms with Crippen molar-refractivity contribution >= 4 is 43.5 Å². The van der Waals surface area contributed by atoms with Gasteiger partial charge >= 0.3 is 0 Å². The van der Waals surface area contributed by atoms with E-state index in [1.165, 1.54) is 0 Å². The van der Waals surface area contributed by atoms with Gasteiger partial charge in [-0.3, -0.25) is 4.98 Å². The topological polar surface area (TPSA) is 24.9 Å². The van der Waals surface area contributed by atoms with Gasteiger partial charge in [0.2, 0.25) is 0 Å². The second kappa shape index (κ2) is 7.55. The Labute approximate surface area is 141 Å². The molecule has 0 aliphatic carbocycles. The molecule has 1 aromatic carbocycles. The van der Waals surface area contributed by atoms with Crippen LogP contribution in [0.15, 0.2) is 45.5 Å². The molecule has 20 heavy (non-hydrogen) atoms. The average Bonchev–Trinajstić information content (AvgIpc) is 2.41. The van der Waals surface area contributed by atoms with Gasteiger partial charge in [0.05, 0.1) is 11.7 Å². The molecule has 2 nitrogen and oxygen atoms in total. The highest BCUT2D eigenvalue weighted by atomic mass is 79.9. The maximum absolute atomic E-state index is 6.25. The minimum absolute atomic E-state index is 0.127. The Morgan fingerprint density at radius 3 is 2.70 bits per heavy atom. The van der Waals surface area contributed by atoms with Gasteiger partial charge in [-0.25, -0.2) is 0 Å². The minimum Gasteiger partial charge on any atom is -0.309 e. The van der Waals surface area contributed by atoms with Crippen molar-refractivity contribution in [3.63, 3.8) is 0 Å². The Balaban J connectivity index is 2.29. The van der Waals surface area contributed by atoms with Crippen LogP contribution in [0, 0.1) is 0 Å². The lowest BCUT2D eigenvalue weighted by atomic mass is 10.0. The van der Waals surface area contributed by atoms with Gasteiger partial charge in [-0.2, -0.15) is 0 Å². The first-order chi connectivity index (χ1) is 9.61. The number of nitrogens with one attached hydrogen (secondary N) is 1. The summed E-state index contributed by atoms with van der Waals surface area (Å²) in [6, 6.07) is 10.1. The summed E-state index contributed by atoms with van der Waals surface area (Å²) in [7, 11) is 0. The molecule has 2 aromatic rings. The number of aromatic nitrogens is 1. The molecule has 0 amide bonds. The van der Waals surface area contributed by atoms with Gasteiger partial charge < -0.3 is 5.32 Å². The number of pyridine rings is 1. The Hall–Kier alpha value is -0.420. The Morgan fingerprint density at radius 1 is 1.30 bits per heavy atom. The van der Waals surface area contributed by atoms with Crippen LogP contribution in [0.4, 0.5) is 0 Å². The fourth-order valence-electron chi connectivity index (χ4n) is 2.08. The van der Waals surface area contributed by atoms with Crippen LogP contribution < -0.4 is 5.32 Å². The van der Waals surface area contributed by atoms with Crippen LogP contribution in [0.1, 0.15) is 24.2 Å². The molecule has 106 valence electrons. The third-order valence-electron chi connectivity index (χ3n) is 3.00. The van der Waals surface area contributed by atoms with Crippen molar-refractivity contribution in [2.45, 2.75) is 19.4 Å². The number of halogens is 3. The molecule has 0 fully saturated rings. The van der Waals surface area contributed by atoms with E-state index in [1.54, 1.807) is 0 Å². The number of likely N-dealkylation sites (N-methyl/N-ethyl adjacent to an activating group) is 1. The summed E-state index contributed by atoms with van der Waals surface area (Å²) in [5.41, 5.74) is 2.12. The summed E-state index contributed by atoms with van der Waals surface area (Å²) in [6.07, 6.45) is 2.62. The summed E-state index contributed by atoms with van der Waals surface area (Å²) < 4.78 is 1.95. The molecule has 0 spiro atoms. The first kappa shape index (κ1) is 16.0. The largest absolute Gasteiger partial charge is 0.309 e. The highest BCUT2D eigenvalue weighted by Gasteiger charge is 2.17. The van der Waals surface area contributed by atoms with Crippen molar-refractivity contribution in [2.24, 2.45) is 0 Å². The standard InChI is InChI=1S/C15H15Br2ClN2/c1-2-19-14(7-10-5-3-4-6-13(10)18)15-12(17)8-11(16)9-20-15/h3-6,8-9,14,19H,2,7H2,1H3. The summed E-state index contributed by atoms with van der Waals surface area (Å²) in [4.78, 5) is 4.52. The van der Waals surface area contributed by atoms with Gasteiger partial charge in [0.1, 0.15) is 0 Å². The fourth-order valence-corrected chi connectivity index (χ4v) is 3.55. The van der Waals surface area contributed by atoms with Crippen LogP contribution in [0.25, 0.3) is 0 Å². The minimum atomic E-state index is 0.127. The number of rotatable bonds is 5. The zero-order valence-corrected chi connectivity index (χ0v) is 15.0. The van der Waals surface area contributed by atoms with Crippen LogP contribution >= 0.6 is 43.5 Å². The van der Waals surface area contributed by atoms with Gasteiger partial charge in [-0.15, -0.1) is 0 Å². The summed E-state index contributed by atoms with van der Waals surface area (Å²) in [5, 5.41) is 4.26. The molecular formula is C15H15Br2ClN2. The second-order valence-electron chi connectivity index (χ2n) is 4.43. The smallest absolute Gasteiger partial charge is 0.0719 e. The monoisotopic (exact) mass is 416 g/mol. The molecule has 1 unspecified atom stereocenters. The molecule has 0 saturated heterocycles. The Morgan fingerprint density at radius 2 is 2.05 bits per heavy atom. The number of hydrogen-bond donors (Lipinski definition) is 1. The Bertz CT molecular complexity index is 590. The second-order valence-corrected chi connectivity index (χ2v) is 6.60. The maximum atomic E-state index is 6.25. The molecule has 0 saturated carbocycles. The molecule has 0 aliphatic heterocycles. The van der Waals surface area contributed by atoms with E-state index in [1.807, 2.05) is 30.5 Å².